The number of allylic oxidation sites excluding steroid dienone is 3. The highest BCUT2D eigenvalue weighted by atomic mass is 32.1. The van der Waals surface area contributed by atoms with Crippen molar-refractivity contribution in [2.24, 2.45) is 0 Å². The van der Waals surface area contributed by atoms with Crippen molar-refractivity contribution >= 4 is 64.3 Å². The molecule has 306 valence electrons. The second kappa shape index (κ2) is 19.6. The number of benzene rings is 7. The number of hydrogen-bond acceptors (Lipinski definition) is 6. The van der Waals surface area contributed by atoms with Gasteiger partial charge >= 0.3 is 0 Å². The molecule has 10 rings (SSSR count). The summed E-state index contributed by atoms with van der Waals surface area (Å²) in [6, 6.07) is 63.2. The quantitative estimate of drug-likeness (QED) is 0.150. The van der Waals surface area contributed by atoms with E-state index in [0.29, 0.717) is 16.7 Å². The average molecular weight is 876 g/mol. The van der Waals surface area contributed by atoms with E-state index < -0.39 is 0 Å². The van der Waals surface area contributed by atoms with Crippen molar-refractivity contribution in [2.45, 2.75) is 20.8 Å². The van der Waals surface area contributed by atoms with Gasteiger partial charge in [-0.25, -0.2) is 0 Å². The standard InChI is InChI=1S/C51H27N3S3.C5H8.C2H6/c52-28-31-1-7-34(8-2-31)37-13-19-40(20-14-37)46-25-43-49(55-46)44-26-47(41-21-15-38(16-22-41)35-9-3-32(29-53)4-10-35)57-51(44)45-27-48(56-50(43)45)42-23-17-39(18-24-42)36-11-5-33(30-54)6-12-36;1-3-5-4-2;1-2/h1-27H;3-5H,1H2,2H3;1-2H3/b;5-4-;. The molecule has 64 heavy (non-hydrogen) atoms. The van der Waals surface area contributed by atoms with Gasteiger partial charge in [0.1, 0.15) is 0 Å². The third-order valence-electron chi connectivity index (χ3n) is 10.8. The predicted octanol–water partition coefficient (Wildman–Crippen LogP) is 17.7. The lowest BCUT2D eigenvalue weighted by molar-refractivity contribution is 1.48. The Kier molecular flexibility index (Phi) is 13.2. The van der Waals surface area contributed by atoms with E-state index in [9.17, 15) is 15.8 Å². The zero-order valence-corrected chi connectivity index (χ0v) is 38.0. The molecule has 0 saturated heterocycles. The Bertz CT molecular complexity index is 2940. The maximum Gasteiger partial charge on any atom is 0.0991 e. The zero-order chi connectivity index (χ0) is 44.6. The molecule has 0 aliphatic rings. The maximum absolute atomic E-state index is 9.24. The van der Waals surface area contributed by atoms with Gasteiger partial charge in [-0.2, -0.15) is 15.8 Å². The molecule has 0 radical (unpaired) electrons. The number of rotatable bonds is 7. The van der Waals surface area contributed by atoms with Crippen molar-refractivity contribution in [2.75, 3.05) is 0 Å². The van der Waals surface area contributed by atoms with Gasteiger partial charge in [0, 0.05) is 44.9 Å². The molecule has 0 bridgehead atoms. The van der Waals surface area contributed by atoms with Crippen LogP contribution in [-0.2, 0) is 0 Å². The molecular formula is C58H41N3S3. The number of fused-ring (bicyclic) bond motifs is 6. The number of thiophene rings is 3. The van der Waals surface area contributed by atoms with Crippen LogP contribution in [0.15, 0.2) is 189 Å². The second-order valence-electron chi connectivity index (χ2n) is 14.6. The monoisotopic (exact) mass is 875 g/mol. The summed E-state index contributed by atoms with van der Waals surface area (Å²) >= 11 is 5.56. The van der Waals surface area contributed by atoms with Crippen LogP contribution in [0.2, 0.25) is 0 Å². The molecule has 10 aromatic rings. The molecule has 7 aromatic carbocycles. The molecule has 0 fully saturated rings. The fourth-order valence-corrected chi connectivity index (χ4v) is 11.3. The second-order valence-corrected chi connectivity index (χ2v) is 17.8. The van der Waals surface area contributed by atoms with E-state index in [-0.39, 0.29) is 0 Å². The SMILES string of the molecule is C=C/C=C\C.CC.N#Cc1ccc(-c2ccc(-c3cc4c(s3)c3cc(-c5ccc(-c6ccc(C#N)cc6)cc5)sc3c3cc(-c5ccc(-c6ccc(C#N)cc6)cc5)sc43)cc2)cc1. The third kappa shape index (κ3) is 8.84. The zero-order valence-electron chi connectivity index (χ0n) is 35.6. The number of nitriles is 3. The van der Waals surface area contributed by atoms with Crippen LogP contribution in [0, 0.1) is 34.0 Å². The first-order valence-electron chi connectivity index (χ1n) is 21.0. The molecule has 0 atom stereocenters. The number of nitrogens with zero attached hydrogens (tertiary/aromatic N) is 3. The van der Waals surface area contributed by atoms with Gasteiger partial charge in [-0.1, -0.05) is 148 Å². The van der Waals surface area contributed by atoms with E-state index in [2.05, 4.69) is 116 Å². The lowest BCUT2D eigenvalue weighted by Gasteiger charge is -2.03. The van der Waals surface area contributed by atoms with E-state index >= 15 is 0 Å². The van der Waals surface area contributed by atoms with Gasteiger partial charge < -0.3 is 0 Å². The highest BCUT2D eigenvalue weighted by Gasteiger charge is 2.20. The molecule has 3 aromatic heterocycles. The lowest BCUT2D eigenvalue weighted by atomic mass is 10.0. The molecule has 3 nitrogen and oxygen atoms in total. The molecule has 0 amide bonds. The highest BCUT2D eigenvalue weighted by Crippen LogP contribution is 2.51. The fourth-order valence-electron chi connectivity index (χ4n) is 7.53. The molecule has 0 saturated carbocycles. The molecule has 0 N–H and O–H groups in total. The minimum Gasteiger partial charge on any atom is -0.192 e. The molecule has 0 aliphatic carbocycles. The van der Waals surface area contributed by atoms with Crippen molar-refractivity contribution < 1.29 is 0 Å². The largest absolute Gasteiger partial charge is 0.192 e. The molecule has 0 unspecified atom stereocenters. The Balaban J connectivity index is 0.000000750. The summed E-state index contributed by atoms with van der Waals surface area (Å²) in [5, 5.41) is 31.5. The van der Waals surface area contributed by atoms with Crippen molar-refractivity contribution in [3.63, 3.8) is 0 Å². The van der Waals surface area contributed by atoms with Crippen molar-refractivity contribution in [1.29, 1.82) is 15.8 Å². The van der Waals surface area contributed by atoms with Gasteiger partial charge in [0.2, 0.25) is 0 Å². The van der Waals surface area contributed by atoms with E-state index in [1.54, 1.807) is 6.08 Å². The van der Waals surface area contributed by atoms with Gasteiger partial charge in [-0.05, 0) is 112 Å². The van der Waals surface area contributed by atoms with Crippen molar-refractivity contribution in [3.05, 3.63) is 205 Å². The van der Waals surface area contributed by atoms with Crippen LogP contribution in [0.1, 0.15) is 37.5 Å². The predicted molar refractivity (Wildman–Crippen MR) is 276 cm³/mol. The molecule has 0 aliphatic heterocycles. The summed E-state index contributed by atoms with van der Waals surface area (Å²) < 4.78 is 3.89. The van der Waals surface area contributed by atoms with Crippen molar-refractivity contribution in [1.82, 2.24) is 0 Å². The first-order chi connectivity index (χ1) is 31.5. The summed E-state index contributed by atoms with van der Waals surface area (Å²) in [5.74, 6) is 0. The molecule has 3 heterocycles. The Morgan fingerprint density at radius 2 is 0.594 bits per heavy atom. The van der Waals surface area contributed by atoms with Crippen LogP contribution < -0.4 is 0 Å². The minimum atomic E-state index is 0.659. The molecular weight excluding hydrogens is 835 g/mol. The van der Waals surface area contributed by atoms with Crippen LogP contribution >= 0.6 is 34.0 Å². The van der Waals surface area contributed by atoms with Gasteiger partial charge in [-0.3, -0.25) is 0 Å². The van der Waals surface area contributed by atoms with E-state index in [1.165, 1.54) is 61.6 Å². The van der Waals surface area contributed by atoms with Crippen molar-refractivity contribution in [3.8, 4) is 82.9 Å². The summed E-state index contributed by atoms with van der Waals surface area (Å²) in [6.45, 7) is 9.42. The Hall–Kier alpha value is -7.63. The Morgan fingerprint density at radius 3 is 0.781 bits per heavy atom. The first kappa shape index (κ1) is 43.0. The van der Waals surface area contributed by atoms with Gasteiger partial charge in [0.15, 0.2) is 0 Å². The number of hydrogen-bond donors (Lipinski definition) is 0. The summed E-state index contributed by atoms with van der Waals surface area (Å²) in [6.07, 6.45) is 5.58. The minimum absolute atomic E-state index is 0.659. The van der Waals surface area contributed by atoms with E-state index in [0.717, 1.165) is 33.4 Å². The highest BCUT2D eigenvalue weighted by molar-refractivity contribution is 7.29. The Morgan fingerprint density at radius 1 is 0.375 bits per heavy atom. The van der Waals surface area contributed by atoms with Crippen LogP contribution in [-0.4, -0.2) is 0 Å². The lowest BCUT2D eigenvalue weighted by Crippen LogP contribution is -1.80. The van der Waals surface area contributed by atoms with Gasteiger partial charge in [0.25, 0.3) is 0 Å². The molecule has 6 heteroatoms. The topological polar surface area (TPSA) is 71.4 Å². The molecule has 0 spiro atoms. The van der Waals surface area contributed by atoms with Crippen LogP contribution in [0.25, 0.3) is 95.0 Å². The summed E-state index contributed by atoms with van der Waals surface area (Å²) in [5.41, 5.74) is 12.1. The van der Waals surface area contributed by atoms with Crippen LogP contribution in [0.3, 0.4) is 0 Å². The Labute approximate surface area is 386 Å². The average Bonchev–Trinajstić information content (AvgIpc) is 4.14. The normalized spacial score (nSPS) is 10.7. The third-order valence-corrected chi connectivity index (χ3v) is 14.5. The summed E-state index contributed by atoms with van der Waals surface area (Å²) in [7, 11) is 0. The van der Waals surface area contributed by atoms with Gasteiger partial charge in [-0.15, -0.1) is 34.0 Å². The fraction of sp³-hybridized carbons (Fsp3) is 0.0517. The first-order valence-corrected chi connectivity index (χ1v) is 23.4. The summed E-state index contributed by atoms with van der Waals surface area (Å²) in [4.78, 5) is 3.68. The smallest absolute Gasteiger partial charge is 0.0991 e. The maximum atomic E-state index is 9.24. The van der Waals surface area contributed by atoms with Gasteiger partial charge in [0.05, 0.1) is 34.9 Å². The van der Waals surface area contributed by atoms with Crippen LogP contribution in [0.5, 0.6) is 0 Å². The van der Waals surface area contributed by atoms with E-state index in [1.807, 2.05) is 140 Å². The van der Waals surface area contributed by atoms with Crippen LogP contribution in [0.4, 0.5) is 0 Å². The van der Waals surface area contributed by atoms with E-state index in [4.69, 9.17) is 0 Å².